The summed E-state index contributed by atoms with van der Waals surface area (Å²) in [5.74, 6) is -0.310. The molecule has 2 heterocycles. The number of sulfonamides is 1. The second-order valence-corrected chi connectivity index (χ2v) is 10.5. The maximum absolute atomic E-state index is 15.4. The largest absolute Gasteiger partial charge is 0.477 e. The van der Waals surface area contributed by atoms with E-state index in [2.05, 4.69) is 24.7 Å². The number of aromatic nitrogens is 4. The van der Waals surface area contributed by atoms with Gasteiger partial charge in [-0.15, -0.1) is 0 Å². The quantitative estimate of drug-likeness (QED) is 0.475. The highest BCUT2D eigenvalue weighted by Gasteiger charge is 2.43. The van der Waals surface area contributed by atoms with Crippen LogP contribution in [0.15, 0.2) is 43.0 Å². The first-order valence-electron chi connectivity index (χ1n) is 11.4. The minimum absolute atomic E-state index is 0.133. The molecule has 0 aliphatic heterocycles. The lowest BCUT2D eigenvalue weighted by Gasteiger charge is -2.32. The summed E-state index contributed by atoms with van der Waals surface area (Å²) in [6.45, 7) is 2.24. The van der Waals surface area contributed by atoms with Crippen molar-refractivity contribution in [1.29, 1.82) is 0 Å². The second kappa shape index (κ2) is 10.1. The number of nitrogens with one attached hydrogen (secondary N) is 1. The van der Waals surface area contributed by atoms with Crippen LogP contribution in [0.3, 0.4) is 0 Å². The Hall–Kier alpha value is -3.41. The van der Waals surface area contributed by atoms with Gasteiger partial charge in [0.2, 0.25) is 21.8 Å². The van der Waals surface area contributed by atoms with Crippen molar-refractivity contribution in [2.45, 2.75) is 50.4 Å². The van der Waals surface area contributed by atoms with E-state index >= 15 is 4.39 Å². The standard InChI is InChI=1S/C23H27FN6O4S/c1-2-34-21-14-27-12-18(29-21)15-7-9-23(22(25)31,19(24)10-15)8-3-4-16-11-26-13-20(28-16)30-35(32,33)17-5-6-17/h7,9-14,17,19H,2-6,8H2,1H3,(H2,25,31)(H,28,30). The fourth-order valence-corrected chi connectivity index (χ4v) is 5.19. The molecule has 186 valence electrons. The number of hydrogen-bond acceptors (Lipinski definition) is 8. The van der Waals surface area contributed by atoms with Gasteiger partial charge in [-0.05, 0) is 45.1 Å². The Bertz CT molecular complexity index is 1260. The zero-order chi connectivity index (χ0) is 25.1. The normalized spacial score (nSPS) is 21.9. The van der Waals surface area contributed by atoms with E-state index in [9.17, 15) is 13.2 Å². The van der Waals surface area contributed by atoms with Crippen molar-refractivity contribution in [3.8, 4) is 5.88 Å². The number of carbonyl (C=O) groups excluding carboxylic acids is 1. The fraction of sp³-hybridized carbons (Fsp3) is 0.435. The first-order chi connectivity index (χ1) is 16.7. The zero-order valence-electron chi connectivity index (χ0n) is 19.2. The van der Waals surface area contributed by atoms with Crippen LogP contribution in [0.25, 0.3) is 5.57 Å². The summed E-state index contributed by atoms with van der Waals surface area (Å²) in [4.78, 5) is 29.1. The van der Waals surface area contributed by atoms with Gasteiger partial charge in [0.05, 0.1) is 41.8 Å². The van der Waals surface area contributed by atoms with Crippen LogP contribution in [-0.4, -0.2) is 52.3 Å². The van der Waals surface area contributed by atoms with Crippen molar-refractivity contribution in [3.63, 3.8) is 0 Å². The summed E-state index contributed by atoms with van der Waals surface area (Å²) in [6.07, 6.45) is 10.7. The maximum atomic E-state index is 15.4. The molecule has 2 aromatic rings. The minimum atomic E-state index is -3.45. The Kier molecular flexibility index (Phi) is 7.10. The molecule has 0 radical (unpaired) electrons. The molecular formula is C23H27FN6O4S. The average molecular weight is 503 g/mol. The van der Waals surface area contributed by atoms with Gasteiger partial charge in [-0.25, -0.2) is 22.8 Å². The molecule has 1 saturated carbocycles. The van der Waals surface area contributed by atoms with Gasteiger partial charge >= 0.3 is 0 Å². The van der Waals surface area contributed by atoms with Crippen molar-refractivity contribution < 1.29 is 22.3 Å². The summed E-state index contributed by atoms with van der Waals surface area (Å²) in [7, 11) is -3.45. The van der Waals surface area contributed by atoms with E-state index < -0.39 is 27.5 Å². The molecule has 2 aliphatic rings. The third kappa shape index (κ3) is 5.64. The zero-order valence-corrected chi connectivity index (χ0v) is 20.0. The Morgan fingerprint density at radius 1 is 1.23 bits per heavy atom. The lowest BCUT2D eigenvalue weighted by atomic mass is 9.73. The number of aryl methyl sites for hydroxylation is 1. The fourth-order valence-electron chi connectivity index (χ4n) is 3.88. The molecule has 0 bridgehead atoms. The Balaban J connectivity index is 1.43. The highest BCUT2D eigenvalue weighted by molar-refractivity contribution is 7.93. The number of ether oxygens (including phenoxy) is 1. The van der Waals surface area contributed by atoms with Crippen LogP contribution in [0.1, 0.15) is 44.0 Å². The first kappa shape index (κ1) is 24.7. The molecule has 10 nitrogen and oxygen atoms in total. The Morgan fingerprint density at radius 3 is 2.69 bits per heavy atom. The molecule has 1 amide bonds. The molecule has 12 heteroatoms. The van der Waals surface area contributed by atoms with Gasteiger partial charge in [0.25, 0.3) is 0 Å². The van der Waals surface area contributed by atoms with Gasteiger partial charge in [0.1, 0.15) is 11.6 Å². The summed E-state index contributed by atoms with van der Waals surface area (Å²) in [6, 6.07) is 0. The molecule has 35 heavy (non-hydrogen) atoms. The molecule has 2 aliphatic carbocycles. The van der Waals surface area contributed by atoms with Gasteiger partial charge in [0.15, 0.2) is 5.82 Å². The Morgan fingerprint density at radius 2 is 2.00 bits per heavy atom. The molecule has 0 spiro atoms. The summed E-state index contributed by atoms with van der Waals surface area (Å²) in [5, 5.41) is -0.381. The van der Waals surface area contributed by atoms with Crippen LogP contribution in [0.4, 0.5) is 10.2 Å². The number of nitrogens with zero attached hydrogens (tertiary/aromatic N) is 4. The number of alkyl halides is 1. The molecule has 3 N–H and O–H groups in total. The number of amides is 1. The molecule has 1 fully saturated rings. The van der Waals surface area contributed by atoms with Gasteiger partial charge in [-0.2, -0.15) is 0 Å². The van der Waals surface area contributed by atoms with Crippen LogP contribution in [-0.2, 0) is 21.2 Å². The lowest BCUT2D eigenvalue weighted by molar-refractivity contribution is -0.127. The average Bonchev–Trinajstić information content (AvgIpc) is 3.67. The summed E-state index contributed by atoms with van der Waals surface area (Å²) in [5.41, 5.74) is 5.54. The number of hydrogen-bond donors (Lipinski definition) is 2. The van der Waals surface area contributed by atoms with Crippen molar-refractivity contribution in [1.82, 2.24) is 19.9 Å². The predicted octanol–water partition coefficient (Wildman–Crippen LogP) is 2.36. The number of nitrogens with two attached hydrogens (primary N) is 1. The van der Waals surface area contributed by atoms with Crippen molar-refractivity contribution in [2.75, 3.05) is 11.3 Å². The molecule has 0 saturated heterocycles. The maximum Gasteiger partial charge on any atom is 0.236 e. The monoisotopic (exact) mass is 502 g/mol. The number of allylic oxidation sites excluding steroid dienone is 3. The molecule has 2 aromatic heterocycles. The van der Waals surface area contributed by atoms with E-state index in [0.717, 1.165) is 0 Å². The topological polar surface area (TPSA) is 150 Å². The predicted molar refractivity (Wildman–Crippen MR) is 127 cm³/mol. The van der Waals surface area contributed by atoms with Crippen molar-refractivity contribution in [2.24, 2.45) is 11.1 Å². The van der Waals surface area contributed by atoms with Gasteiger partial charge in [-0.3, -0.25) is 19.5 Å². The van der Waals surface area contributed by atoms with Gasteiger partial charge < -0.3 is 10.5 Å². The second-order valence-electron chi connectivity index (χ2n) is 8.53. The van der Waals surface area contributed by atoms with E-state index in [1.54, 1.807) is 6.08 Å². The van der Waals surface area contributed by atoms with Gasteiger partial charge in [-0.1, -0.05) is 12.2 Å². The summed E-state index contributed by atoms with van der Waals surface area (Å²) < 4.78 is 47.4. The van der Waals surface area contributed by atoms with Crippen LogP contribution in [0.5, 0.6) is 5.88 Å². The van der Waals surface area contributed by atoms with Crippen LogP contribution in [0.2, 0.25) is 0 Å². The third-order valence-corrected chi connectivity index (χ3v) is 7.80. The lowest BCUT2D eigenvalue weighted by Crippen LogP contribution is -2.43. The molecule has 0 aromatic carbocycles. The van der Waals surface area contributed by atoms with Crippen LogP contribution < -0.4 is 15.2 Å². The molecule has 2 atom stereocenters. The van der Waals surface area contributed by atoms with E-state index in [-0.39, 0.29) is 17.5 Å². The van der Waals surface area contributed by atoms with E-state index in [1.165, 1.54) is 36.9 Å². The third-order valence-electron chi connectivity index (χ3n) is 5.96. The first-order valence-corrected chi connectivity index (χ1v) is 12.9. The van der Waals surface area contributed by atoms with Crippen molar-refractivity contribution in [3.05, 3.63) is 54.4 Å². The van der Waals surface area contributed by atoms with E-state index in [0.29, 0.717) is 55.1 Å². The van der Waals surface area contributed by atoms with Crippen molar-refractivity contribution >= 4 is 27.3 Å². The number of primary amides is 1. The SMILES string of the molecule is CCOc1cncc(C2=CC(F)C(CCCc3cncc(NS(=O)(=O)C4CC4)n3)(C(N)=O)C=C2)n1. The van der Waals surface area contributed by atoms with Crippen LogP contribution >= 0.6 is 0 Å². The highest BCUT2D eigenvalue weighted by atomic mass is 32.2. The Labute approximate surface area is 203 Å². The molecule has 2 unspecified atom stereocenters. The van der Waals surface area contributed by atoms with Crippen LogP contribution in [0, 0.1) is 5.41 Å². The van der Waals surface area contributed by atoms with Gasteiger partial charge in [0, 0.05) is 11.8 Å². The number of carbonyl (C=O) groups is 1. The number of anilines is 1. The minimum Gasteiger partial charge on any atom is -0.477 e. The smallest absolute Gasteiger partial charge is 0.236 e. The summed E-state index contributed by atoms with van der Waals surface area (Å²) >= 11 is 0. The highest BCUT2D eigenvalue weighted by Crippen LogP contribution is 2.39. The molecule has 4 rings (SSSR count). The number of halogens is 1. The number of rotatable bonds is 11. The van der Waals surface area contributed by atoms with E-state index in [1.807, 2.05) is 6.92 Å². The molecular weight excluding hydrogens is 475 g/mol. The van der Waals surface area contributed by atoms with E-state index in [4.69, 9.17) is 10.5 Å².